The number of rotatable bonds is 3. The maximum absolute atomic E-state index is 12.4. The van der Waals surface area contributed by atoms with Crippen LogP contribution in [0.15, 0.2) is 36.4 Å². The minimum atomic E-state index is -0.406. The first kappa shape index (κ1) is 17.2. The maximum Gasteiger partial charge on any atom is 0.359 e. The smallest absolute Gasteiger partial charge is 0.359 e. The van der Waals surface area contributed by atoms with E-state index < -0.39 is 5.97 Å². The van der Waals surface area contributed by atoms with Crippen molar-refractivity contribution in [1.29, 1.82) is 0 Å². The number of aromatic amines is 1. The monoisotopic (exact) mass is 336 g/mol. The Balaban J connectivity index is 1.81. The molecular formula is C21H24N2O2. The molecule has 4 heteroatoms. The summed E-state index contributed by atoms with van der Waals surface area (Å²) in [5, 5.41) is 7.74. The highest BCUT2D eigenvalue weighted by Crippen LogP contribution is 2.27. The molecule has 0 aliphatic rings. The summed E-state index contributed by atoms with van der Waals surface area (Å²) in [5.41, 5.74) is 5.89. The highest BCUT2D eigenvalue weighted by molar-refractivity contribution is 6.01. The summed E-state index contributed by atoms with van der Waals surface area (Å²) in [4.78, 5) is 12.4. The number of esters is 1. The number of para-hydroxylation sites is 1. The van der Waals surface area contributed by atoms with Gasteiger partial charge in [0, 0.05) is 5.39 Å². The van der Waals surface area contributed by atoms with Gasteiger partial charge in [0.05, 0.1) is 5.52 Å². The molecule has 0 aliphatic heterocycles. The Bertz CT molecular complexity index is 909. The van der Waals surface area contributed by atoms with Crippen molar-refractivity contribution >= 4 is 16.9 Å². The molecule has 0 bridgehead atoms. The molecule has 0 spiro atoms. The van der Waals surface area contributed by atoms with E-state index in [1.807, 2.05) is 24.3 Å². The Morgan fingerprint density at radius 2 is 1.76 bits per heavy atom. The number of nitrogens with zero attached hydrogens (tertiary/aromatic N) is 1. The Morgan fingerprint density at radius 3 is 2.40 bits per heavy atom. The minimum Gasteiger partial charge on any atom is -0.456 e. The average molecular weight is 336 g/mol. The lowest BCUT2D eigenvalue weighted by molar-refractivity contribution is 0.0466. The summed E-state index contributed by atoms with van der Waals surface area (Å²) in [6.07, 6.45) is 0. The second kappa shape index (κ2) is 6.36. The Kier molecular flexibility index (Phi) is 4.38. The normalized spacial score (nSPS) is 11.7. The lowest BCUT2D eigenvalue weighted by atomic mass is 9.84. The number of aryl methyl sites for hydroxylation is 2. The lowest BCUT2D eigenvalue weighted by Crippen LogP contribution is -2.13. The van der Waals surface area contributed by atoms with E-state index in [0.717, 1.165) is 27.6 Å². The van der Waals surface area contributed by atoms with Crippen molar-refractivity contribution in [3.05, 3.63) is 64.3 Å². The van der Waals surface area contributed by atoms with Crippen LogP contribution < -0.4 is 0 Å². The van der Waals surface area contributed by atoms with Gasteiger partial charge in [0.25, 0.3) is 0 Å². The molecule has 0 amide bonds. The molecule has 0 radical (unpaired) electrons. The summed E-state index contributed by atoms with van der Waals surface area (Å²) in [5.74, 6) is -0.406. The van der Waals surface area contributed by atoms with E-state index in [2.05, 4.69) is 56.9 Å². The predicted octanol–water partition coefficient (Wildman–Crippen LogP) is 4.83. The SMILES string of the molecule is Cc1cc(C(C)(C)C)cc(C)c1COC(=O)c1n[nH]c2ccccc12. The zero-order valence-electron chi connectivity index (χ0n) is 15.4. The number of benzene rings is 2. The number of carbonyl (C=O) groups is 1. The molecule has 25 heavy (non-hydrogen) atoms. The van der Waals surface area contributed by atoms with Crippen LogP contribution in [0.5, 0.6) is 0 Å². The number of ether oxygens (including phenoxy) is 1. The Labute approximate surface area is 148 Å². The topological polar surface area (TPSA) is 55.0 Å². The van der Waals surface area contributed by atoms with Crippen molar-refractivity contribution in [2.45, 2.75) is 46.6 Å². The first-order valence-corrected chi connectivity index (χ1v) is 8.48. The molecule has 1 aromatic heterocycles. The van der Waals surface area contributed by atoms with Crippen molar-refractivity contribution in [3.63, 3.8) is 0 Å². The van der Waals surface area contributed by atoms with E-state index in [1.54, 1.807) is 0 Å². The van der Waals surface area contributed by atoms with Gasteiger partial charge in [-0.2, -0.15) is 5.10 Å². The van der Waals surface area contributed by atoms with Crippen molar-refractivity contribution in [2.75, 3.05) is 0 Å². The quantitative estimate of drug-likeness (QED) is 0.697. The number of H-pyrrole nitrogens is 1. The third-order valence-corrected chi connectivity index (χ3v) is 4.57. The van der Waals surface area contributed by atoms with Crippen molar-refractivity contribution in [3.8, 4) is 0 Å². The number of aromatic nitrogens is 2. The van der Waals surface area contributed by atoms with Crippen LogP contribution in [0, 0.1) is 13.8 Å². The van der Waals surface area contributed by atoms with Crippen LogP contribution in [-0.4, -0.2) is 16.2 Å². The maximum atomic E-state index is 12.4. The fourth-order valence-corrected chi connectivity index (χ4v) is 2.98. The zero-order valence-corrected chi connectivity index (χ0v) is 15.4. The van der Waals surface area contributed by atoms with E-state index in [4.69, 9.17) is 4.74 Å². The number of fused-ring (bicyclic) bond motifs is 1. The van der Waals surface area contributed by atoms with E-state index in [1.165, 1.54) is 5.56 Å². The van der Waals surface area contributed by atoms with Crippen LogP contribution in [0.4, 0.5) is 0 Å². The van der Waals surface area contributed by atoms with E-state index in [0.29, 0.717) is 5.69 Å². The van der Waals surface area contributed by atoms with Gasteiger partial charge in [-0.1, -0.05) is 51.1 Å². The summed E-state index contributed by atoms with van der Waals surface area (Å²) < 4.78 is 5.55. The first-order chi connectivity index (χ1) is 11.8. The number of carbonyl (C=O) groups excluding carboxylic acids is 1. The fraction of sp³-hybridized carbons (Fsp3) is 0.333. The van der Waals surface area contributed by atoms with Crippen molar-refractivity contribution in [2.24, 2.45) is 0 Å². The Morgan fingerprint density at radius 1 is 1.12 bits per heavy atom. The second-order valence-electron chi connectivity index (χ2n) is 7.53. The van der Waals surface area contributed by atoms with Crippen LogP contribution in [0.2, 0.25) is 0 Å². The van der Waals surface area contributed by atoms with E-state index in [-0.39, 0.29) is 12.0 Å². The zero-order chi connectivity index (χ0) is 18.2. The number of nitrogens with one attached hydrogen (secondary N) is 1. The number of hydrogen-bond donors (Lipinski definition) is 1. The summed E-state index contributed by atoms with van der Waals surface area (Å²) in [7, 11) is 0. The van der Waals surface area contributed by atoms with Gasteiger partial charge < -0.3 is 4.74 Å². The van der Waals surface area contributed by atoms with Gasteiger partial charge in [-0.15, -0.1) is 0 Å². The van der Waals surface area contributed by atoms with Crippen LogP contribution in [-0.2, 0) is 16.8 Å². The largest absolute Gasteiger partial charge is 0.456 e. The van der Waals surface area contributed by atoms with Gasteiger partial charge in [0.15, 0.2) is 5.69 Å². The third-order valence-electron chi connectivity index (χ3n) is 4.57. The van der Waals surface area contributed by atoms with Gasteiger partial charge in [0.2, 0.25) is 0 Å². The molecular weight excluding hydrogens is 312 g/mol. The number of hydrogen-bond acceptors (Lipinski definition) is 3. The molecule has 2 aromatic carbocycles. The van der Waals surface area contributed by atoms with Crippen LogP contribution in [0.1, 0.15) is 53.5 Å². The van der Waals surface area contributed by atoms with Crippen molar-refractivity contribution in [1.82, 2.24) is 10.2 Å². The van der Waals surface area contributed by atoms with Gasteiger partial charge in [-0.3, -0.25) is 5.10 Å². The molecule has 0 fully saturated rings. The molecule has 3 rings (SSSR count). The highest BCUT2D eigenvalue weighted by atomic mass is 16.5. The van der Waals surface area contributed by atoms with Gasteiger partial charge in [-0.05, 0) is 47.6 Å². The van der Waals surface area contributed by atoms with Crippen LogP contribution in [0.25, 0.3) is 10.9 Å². The molecule has 1 heterocycles. The average Bonchev–Trinajstić information content (AvgIpc) is 2.97. The molecule has 3 aromatic rings. The van der Waals surface area contributed by atoms with Crippen LogP contribution >= 0.6 is 0 Å². The predicted molar refractivity (Wildman–Crippen MR) is 99.8 cm³/mol. The van der Waals surface area contributed by atoms with Crippen molar-refractivity contribution < 1.29 is 9.53 Å². The molecule has 130 valence electrons. The van der Waals surface area contributed by atoms with Gasteiger partial charge in [0.1, 0.15) is 6.61 Å². The minimum absolute atomic E-state index is 0.0959. The fourth-order valence-electron chi connectivity index (χ4n) is 2.98. The standard InChI is InChI=1S/C21H24N2O2/c1-13-10-15(21(3,4)5)11-14(2)17(13)12-25-20(24)19-16-8-6-7-9-18(16)22-23-19/h6-11H,12H2,1-5H3,(H,22,23). The second-order valence-corrected chi connectivity index (χ2v) is 7.53. The lowest BCUT2D eigenvalue weighted by Gasteiger charge is -2.22. The molecule has 0 unspecified atom stereocenters. The summed E-state index contributed by atoms with van der Waals surface area (Å²) in [6.45, 7) is 11.0. The Hall–Kier alpha value is -2.62. The van der Waals surface area contributed by atoms with Gasteiger partial charge >= 0.3 is 5.97 Å². The van der Waals surface area contributed by atoms with Crippen LogP contribution in [0.3, 0.4) is 0 Å². The molecule has 0 saturated carbocycles. The summed E-state index contributed by atoms with van der Waals surface area (Å²) in [6, 6.07) is 11.9. The molecule has 1 N–H and O–H groups in total. The first-order valence-electron chi connectivity index (χ1n) is 8.48. The molecule has 0 aliphatic carbocycles. The molecule has 0 saturated heterocycles. The molecule has 0 atom stereocenters. The van der Waals surface area contributed by atoms with E-state index >= 15 is 0 Å². The van der Waals surface area contributed by atoms with E-state index in [9.17, 15) is 4.79 Å². The highest BCUT2D eigenvalue weighted by Gasteiger charge is 2.19. The summed E-state index contributed by atoms with van der Waals surface area (Å²) >= 11 is 0. The van der Waals surface area contributed by atoms with Gasteiger partial charge in [-0.25, -0.2) is 4.79 Å². The molecule has 4 nitrogen and oxygen atoms in total. The third kappa shape index (κ3) is 3.43.